The Labute approximate surface area is 154 Å². The highest BCUT2D eigenvalue weighted by molar-refractivity contribution is 5.45. The molecule has 148 valence electrons. The summed E-state index contributed by atoms with van der Waals surface area (Å²) in [6, 6.07) is 3.88. The maximum Gasteiger partial charge on any atom is 0.122 e. The minimum atomic E-state index is 0.0125. The van der Waals surface area contributed by atoms with Crippen molar-refractivity contribution in [1.29, 1.82) is 0 Å². The van der Waals surface area contributed by atoms with E-state index >= 15 is 0 Å². The van der Waals surface area contributed by atoms with Crippen LogP contribution in [0.25, 0.3) is 0 Å². The fraction of sp³-hybridized carbons (Fsp3) is 0.667. The average molecular weight is 371 g/mol. The van der Waals surface area contributed by atoms with Crippen molar-refractivity contribution in [3.8, 4) is 11.5 Å². The summed E-state index contributed by atoms with van der Waals surface area (Å²) in [7, 11) is 0. The molecule has 26 heavy (non-hydrogen) atoms. The summed E-state index contributed by atoms with van der Waals surface area (Å²) in [5, 5.41) is 11.4. The predicted octanol–water partition coefficient (Wildman–Crippen LogP) is 1.87. The smallest absolute Gasteiger partial charge is 0.122 e. The van der Waals surface area contributed by atoms with Gasteiger partial charge in [-0.25, -0.2) is 0 Å². The van der Waals surface area contributed by atoms with Crippen LogP contribution in [0.1, 0.15) is 11.1 Å². The van der Waals surface area contributed by atoms with Gasteiger partial charge in [-0.05, 0) is 37.1 Å². The van der Waals surface area contributed by atoms with Crippen LogP contribution < -0.4 is 9.47 Å². The lowest BCUT2D eigenvalue weighted by Crippen LogP contribution is -2.12. The van der Waals surface area contributed by atoms with E-state index in [1.807, 2.05) is 26.0 Å². The SMILES string of the molecule is Cc1cc(OCCOCCOCCN=O)c(C)cc1OCCOCCO. The summed E-state index contributed by atoms with van der Waals surface area (Å²) in [6.45, 7) is 7.37. The van der Waals surface area contributed by atoms with Crippen LogP contribution in [0.2, 0.25) is 0 Å². The van der Waals surface area contributed by atoms with Crippen molar-refractivity contribution in [3.63, 3.8) is 0 Å². The lowest BCUT2D eigenvalue weighted by molar-refractivity contribution is 0.0387. The van der Waals surface area contributed by atoms with Crippen LogP contribution >= 0.6 is 0 Å². The number of aliphatic hydroxyl groups excluding tert-OH is 1. The first-order valence-corrected chi connectivity index (χ1v) is 8.69. The number of rotatable bonds is 16. The molecule has 0 unspecified atom stereocenters. The summed E-state index contributed by atoms with van der Waals surface area (Å²) in [5.41, 5.74) is 1.96. The van der Waals surface area contributed by atoms with Crippen molar-refractivity contribution in [2.24, 2.45) is 5.18 Å². The summed E-state index contributed by atoms with van der Waals surface area (Å²) < 4.78 is 27.2. The van der Waals surface area contributed by atoms with E-state index in [1.165, 1.54) is 0 Å². The van der Waals surface area contributed by atoms with E-state index in [-0.39, 0.29) is 13.2 Å². The zero-order valence-corrected chi connectivity index (χ0v) is 15.6. The van der Waals surface area contributed by atoms with E-state index < -0.39 is 0 Å². The van der Waals surface area contributed by atoms with Gasteiger partial charge in [0.25, 0.3) is 0 Å². The molecular weight excluding hydrogens is 342 g/mol. The van der Waals surface area contributed by atoms with Crippen LogP contribution in [0.5, 0.6) is 11.5 Å². The van der Waals surface area contributed by atoms with Crippen molar-refractivity contribution < 1.29 is 28.8 Å². The highest BCUT2D eigenvalue weighted by atomic mass is 16.5. The third-order valence-electron chi connectivity index (χ3n) is 3.38. The van der Waals surface area contributed by atoms with E-state index in [9.17, 15) is 4.91 Å². The quantitative estimate of drug-likeness (QED) is 0.350. The Morgan fingerprint density at radius 3 is 1.73 bits per heavy atom. The molecule has 0 spiro atoms. The van der Waals surface area contributed by atoms with Gasteiger partial charge in [0.2, 0.25) is 0 Å². The Balaban J connectivity index is 2.24. The van der Waals surface area contributed by atoms with Gasteiger partial charge in [0.1, 0.15) is 31.3 Å². The molecule has 0 aliphatic rings. The minimum absolute atomic E-state index is 0.0125. The van der Waals surface area contributed by atoms with Crippen LogP contribution in [-0.2, 0) is 14.2 Å². The van der Waals surface area contributed by atoms with Gasteiger partial charge in [0.15, 0.2) is 0 Å². The molecule has 0 saturated heterocycles. The molecule has 0 fully saturated rings. The van der Waals surface area contributed by atoms with Crippen LogP contribution in [0.3, 0.4) is 0 Å². The van der Waals surface area contributed by atoms with Gasteiger partial charge in [-0.2, -0.15) is 4.91 Å². The van der Waals surface area contributed by atoms with Crippen molar-refractivity contribution in [2.45, 2.75) is 13.8 Å². The number of hydrogen-bond acceptors (Lipinski definition) is 8. The molecule has 0 bridgehead atoms. The first-order valence-electron chi connectivity index (χ1n) is 8.69. The molecule has 1 aromatic carbocycles. The van der Waals surface area contributed by atoms with Crippen LogP contribution in [-0.4, -0.2) is 71.1 Å². The molecule has 1 N–H and O–H groups in total. The molecular formula is C18H29NO7. The molecule has 0 amide bonds. The van der Waals surface area contributed by atoms with Gasteiger partial charge < -0.3 is 28.8 Å². The average Bonchev–Trinajstić information content (AvgIpc) is 2.63. The second-order valence-electron chi connectivity index (χ2n) is 5.49. The molecule has 0 saturated carbocycles. The van der Waals surface area contributed by atoms with Crippen LogP contribution in [0, 0.1) is 18.8 Å². The molecule has 8 heteroatoms. The highest BCUT2D eigenvalue weighted by Crippen LogP contribution is 2.27. The Hall–Kier alpha value is -1.74. The standard InChI is InChI=1S/C18H29NO7/c1-15-14-18(26-12-10-24-8-7-22-5-3-19-21)16(2)13-17(15)25-11-9-23-6-4-20/h13-14,20H,3-12H2,1-2H3. The minimum Gasteiger partial charge on any atom is -0.491 e. The number of hydrogen-bond donors (Lipinski definition) is 1. The Morgan fingerprint density at radius 2 is 1.23 bits per heavy atom. The molecule has 1 rings (SSSR count). The van der Waals surface area contributed by atoms with E-state index in [1.54, 1.807) is 0 Å². The zero-order chi connectivity index (χ0) is 19.0. The molecule has 0 aliphatic heterocycles. The number of nitroso groups, excluding NO2 is 1. The molecule has 0 atom stereocenters. The third kappa shape index (κ3) is 9.67. The first-order chi connectivity index (χ1) is 12.7. The zero-order valence-electron chi connectivity index (χ0n) is 15.6. The van der Waals surface area contributed by atoms with E-state index in [2.05, 4.69) is 5.18 Å². The molecule has 8 nitrogen and oxygen atoms in total. The van der Waals surface area contributed by atoms with Gasteiger partial charge in [-0.15, -0.1) is 0 Å². The highest BCUT2D eigenvalue weighted by Gasteiger charge is 2.07. The summed E-state index contributed by atoms with van der Waals surface area (Å²) in [6.07, 6.45) is 0. The van der Waals surface area contributed by atoms with Crippen molar-refractivity contribution in [1.82, 2.24) is 0 Å². The Bertz CT molecular complexity index is 511. The fourth-order valence-electron chi connectivity index (χ4n) is 2.09. The van der Waals surface area contributed by atoms with Crippen molar-refractivity contribution in [3.05, 3.63) is 28.2 Å². The Morgan fingerprint density at radius 1 is 0.769 bits per heavy atom. The van der Waals surface area contributed by atoms with Crippen LogP contribution in [0.15, 0.2) is 17.3 Å². The third-order valence-corrected chi connectivity index (χ3v) is 3.38. The maximum atomic E-state index is 9.88. The van der Waals surface area contributed by atoms with Gasteiger partial charge >= 0.3 is 0 Å². The van der Waals surface area contributed by atoms with Crippen LogP contribution in [0.4, 0.5) is 0 Å². The van der Waals surface area contributed by atoms with E-state index in [4.69, 9.17) is 28.8 Å². The van der Waals surface area contributed by atoms with Crippen molar-refractivity contribution >= 4 is 0 Å². The largest absolute Gasteiger partial charge is 0.491 e. The Kier molecular flexibility index (Phi) is 12.4. The fourth-order valence-corrected chi connectivity index (χ4v) is 2.09. The first kappa shape index (κ1) is 22.3. The monoisotopic (exact) mass is 371 g/mol. The van der Waals surface area contributed by atoms with Crippen molar-refractivity contribution in [2.75, 3.05) is 66.0 Å². The second kappa shape index (κ2) is 14.4. The predicted molar refractivity (Wildman–Crippen MR) is 97.1 cm³/mol. The van der Waals surface area contributed by atoms with Gasteiger partial charge in [-0.1, -0.05) is 5.18 Å². The lowest BCUT2D eigenvalue weighted by atomic mass is 10.1. The van der Waals surface area contributed by atoms with E-state index in [0.29, 0.717) is 52.9 Å². The number of aliphatic hydroxyl groups is 1. The number of nitrogens with zero attached hydrogens (tertiary/aromatic N) is 1. The topological polar surface area (TPSA) is 95.8 Å². The summed E-state index contributed by atoms with van der Waals surface area (Å²) in [5.74, 6) is 1.59. The molecule has 1 aromatic rings. The molecule has 0 radical (unpaired) electrons. The lowest BCUT2D eigenvalue weighted by Gasteiger charge is -2.14. The normalized spacial score (nSPS) is 10.7. The second-order valence-corrected chi connectivity index (χ2v) is 5.49. The van der Waals surface area contributed by atoms with Gasteiger partial charge in [0.05, 0.1) is 46.2 Å². The molecule has 0 aliphatic carbocycles. The molecule has 0 heterocycles. The number of aryl methyl sites for hydroxylation is 2. The molecule has 0 aromatic heterocycles. The van der Waals surface area contributed by atoms with Gasteiger partial charge in [-0.3, -0.25) is 0 Å². The van der Waals surface area contributed by atoms with Gasteiger partial charge in [0, 0.05) is 0 Å². The maximum absolute atomic E-state index is 9.88. The number of ether oxygens (including phenoxy) is 5. The number of benzene rings is 1. The summed E-state index contributed by atoms with van der Waals surface area (Å²) >= 11 is 0. The van der Waals surface area contributed by atoms with E-state index in [0.717, 1.165) is 22.6 Å². The summed E-state index contributed by atoms with van der Waals surface area (Å²) in [4.78, 5) is 9.88.